The predicted octanol–water partition coefficient (Wildman–Crippen LogP) is 22.3. The minimum Gasteiger partial charge on any atom is -0.192 e. The average Bonchev–Trinajstić information content (AvgIpc) is 1.86. The zero-order chi connectivity index (χ0) is 56.1. The van der Waals surface area contributed by atoms with Crippen LogP contribution in [0.25, 0.3) is 174 Å². The van der Waals surface area contributed by atoms with E-state index in [1.807, 2.05) is 0 Å². The zero-order valence-electron chi connectivity index (χ0n) is 48.4. The second kappa shape index (κ2) is 15.6. The van der Waals surface area contributed by atoms with Crippen LogP contribution in [0.1, 0.15) is 77.9 Å². The summed E-state index contributed by atoms with van der Waals surface area (Å²) in [7, 11) is 0. The lowest BCUT2D eigenvalue weighted by Crippen LogP contribution is -2.02. The number of nitriles is 2. The standard InChI is InChI=1S/C80H56N2/c1-35-13-39(5)65(40(6)14-35)49-25-57-55-23-47(33-81)21-53-54-22-48(34-82)24-56-58-26-50(66-41(7)15-36(2)16-42(66)8)28-60-62-30-52(68-45(11)19-38(4)20-46(68)12)32-64-63-31-51(67-43(9)17-37(3)18-44(67)10)29-61-59(27-49)71(57)77-75(69(53)55)76(70(54)56)78(72(58)60)80(74(62)64)79(77)73(61)63/h13-32H,1-12H3. The van der Waals surface area contributed by atoms with E-state index in [1.54, 1.807) is 0 Å². The molecule has 0 spiro atoms. The number of hydrogen-bond donors (Lipinski definition) is 0. The number of aryl methyl sites for hydroxylation is 12. The second-order valence-corrected chi connectivity index (χ2v) is 25.2. The van der Waals surface area contributed by atoms with Crippen LogP contribution in [0, 0.1) is 106 Å². The van der Waals surface area contributed by atoms with Crippen LogP contribution in [0.2, 0.25) is 0 Å². The van der Waals surface area contributed by atoms with Gasteiger partial charge in [0.1, 0.15) is 0 Å². The number of nitrogens with zero attached hydrogens (tertiary/aromatic N) is 2. The number of rotatable bonds is 4. The van der Waals surface area contributed by atoms with Crippen molar-refractivity contribution in [1.29, 1.82) is 10.5 Å². The maximum atomic E-state index is 11.2. The summed E-state index contributed by atoms with van der Waals surface area (Å²) < 4.78 is 0. The highest BCUT2D eigenvalue weighted by molar-refractivity contribution is 6.61. The molecule has 0 aliphatic heterocycles. The zero-order valence-corrected chi connectivity index (χ0v) is 48.4. The first kappa shape index (κ1) is 47.2. The third-order valence-electron chi connectivity index (χ3n) is 19.7. The van der Waals surface area contributed by atoms with Gasteiger partial charge in [-0.1, -0.05) is 70.8 Å². The fourth-order valence-corrected chi connectivity index (χ4v) is 17.5. The monoisotopic (exact) mass is 1040 g/mol. The van der Waals surface area contributed by atoms with Crippen LogP contribution >= 0.6 is 0 Å². The summed E-state index contributed by atoms with van der Waals surface area (Å²) in [5.41, 5.74) is 26.2. The summed E-state index contributed by atoms with van der Waals surface area (Å²) in [5.74, 6) is 0. The number of fused-ring (bicyclic) bond motifs is 6. The highest BCUT2D eigenvalue weighted by Gasteiger charge is 2.34. The maximum absolute atomic E-state index is 11.2. The molecule has 0 radical (unpaired) electrons. The van der Waals surface area contributed by atoms with Gasteiger partial charge in [0, 0.05) is 0 Å². The molecule has 0 atom stereocenters. The van der Waals surface area contributed by atoms with Gasteiger partial charge in [0.2, 0.25) is 0 Å². The fourth-order valence-electron chi connectivity index (χ4n) is 17.5. The van der Waals surface area contributed by atoms with E-state index in [4.69, 9.17) is 0 Å². The smallest absolute Gasteiger partial charge is 0.0992 e. The van der Waals surface area contributed by atoms with Crippen molar-refractivity contribution in [3.05, 3.63) is 199 Å². The highest BCUT2D eigenvalue weighted by Crippen LogP contribution is 2.62. The SMILES string of the molecule is Cc1cc(C)c(-c2cc3c4cc(C#N)cc5c6cc(C#N)cc7c8cc(-c9c(C)cc(C)cc9C)cc9c%10cc(-c%11c(C)cc(C)cc%11C)cc%11c%12cc(-c%13c(C)cc(C)cc%13C)cc%13c(c2)c3c2c(c54)c(c67)c(c89)c(c%10%11)c2c%13%12)c(C)c1. The lowest BCUT2D eigenvalue weighted by molar-refractivity contribution is 1.32. The van der Waals surface area contributed by atoms with Crippen molar-refractivity contribution >= 4 is 129 Å². The molecular weight excluding hydrogens is 989 g/mol. The molecule has 82 heavy (non-hydrogen) atoms. The van der Waals surface area contributed by atoms with E-state index in [0.29, 0.717) is 11.1 Å². The molecular formula is C80H56N2. The first-order valence-electron chi connectivity index (χ1n) is 29.0. The molecule has 0 unspecified atom stereocenters. The molecule has 0 fully saturated rings. The van der Waals surface area contributed by atoms with Gasteiger partial charge in [-0.05, 0) is 374 Å². The van der Waals surface area contributed by atoms with Gasteiger partial charge in [-0.15, -0.1) is 0 Å². The third kappa shape index (κ3) is 5.77. The lowest BCUT2D eigenvalue weighted by atomic mass is 9.72. The van der Waals surface area contributed by atoms with Crippen LogP contribution in [0.15, 0.2) is 121 Å². The number of benzene rings is 17. The van der Waals surface area contributed by atoms with Crippen molar-refractivity contribution in [2.75, 3.05) is 0 Å². The van der Waals surface area contributed by atoms with E-state index in [1.165, 1.54) is 208 Å². The summed E-state index contributed by atoms with van der Waals surface area (Å²) >= 11 is 0. The Labute approximate surface area is 476 Å². The normalized spacial score (nSPS) is 12.6. The summed E-state index contributed by atoms with van der Waals surface area (Å²) in [5, 5.41) is 51.6. The Hall–Kier alpha value is -9.60. The largest absolute Gasteiger partial charge is 0.192 e. The molecule has 2 heteroatoms. The molecule has 17 aromatic rings. The second-order valence-electron chi connectivity index (χ2n) is 25.2. The van der Waals surface area contributed by atoms with Crippen LogP contribution < -0.4 is 0 Å². The van der Waals surface area contributed by atoms with Gasteiger partial charge >= 0.3 is 0 Å². The van der Waals surface area contributed by atoms with Gasteiger partial charge in [-0.25, -0.2) is 0 Å². The predicted molar refractivity (Wildman–Crippen MR) is 352 cm³/mol. The van der Waals surface area contributed by atoms with E-state index >= 15 is 0 Å². The van der Waals surface area contributed by atoms with Crippen LogP contribution in [-0.2, 0) is 0 Å². The highest BCUT2D eigenvalue weighted by atomic mass is 14.4. The Morgan fingerprint density at radius 3 is 0.488 bits per heavy atom. The summed E-state index contributed by atoms with van der Waals surface area (Å²) in [6.45, 7) is 27.0. The van der Waals surface area contributed by atoms with E-state index in [9.17, 15) is 10.5 Å². The summed E-state index contributed by atoms with van der Waals surface area (Å²) in [6, 6.07) is 52.8. The van der Waals surface area contributed by atoms with E-state index in [0.717, 1.165) is 32.3 Å². The summed E-state index contributed by atoms with van der Waals surface area (Å²) in [6.07, 6.45) is 0. The molecule has 17 aromatic carbocycles. The Morgan fingerprint density at radius 2 is 0.341 bits per heavy atom. The van der Waals surface area contributed by atoms with Crippen molar-refractivity contribution in [2.45, 2.75) is 83.1 Å². The first-order chi connectivity index (χ1) is 39.5. The molecule has 0 amide bonds. The molecule has 0 aliphatic carbocycles. The van der Waals surface area contributed by atoms with E-state index < -0.39 is 0 Å². The van der Waals surface area contributed by atoms with Crippen LogP contribution in [-0.4, -0.2) is 0 Å². The molecule has 0 saturated heterocycles. The Kier molecular flexibility index (Phi) is 9.01. The molecule has 0 aliphatic rings. The van der Waals surface area contributed by atoms with Gasteiger partial charge in [0.25, 0.3) is 0 Å². The van der Waals surface area contributed by atoms with Crippen molar-refractivity contribution < 1.29 is 0 Å². The molecule has 0 bridgehead atoms. The molecule has 0 N–H and O–H groups in total. The van der Waals surface area contributed by atoms with Crippen molar-refractivity contribution in [1.82, 2.24) is 0 Å². The van der Waals surface area contributed by atoms with Crippen molar-refractivity contribution in [3.8, 4) is 56.6 Å². The van der Waals surface area contributed by atoms with Crippen molar-refractivity contribution in [2.24, 2.45) is 0 Å². The molecule has 386 valence electrons. The quantitative estimate of drug-likeness (QED) is 0.130. The van der Waals surface area contributed by atoms with Crippen molar-refractivity contribution in [3.63, 3.8) is 0 Å². The first-order valence-corrected chi connectivity index (χ1v) is 29.0. The maximum Gasteiger partial charge on any atom is 0.0992 e. The minimum atomic E-state index is 0.614. The lowest BCUT2D eigenvalue weighted by Gasteiger charge is -2.30. The molecule has 0 aromatic heterocycles. The van der Waals surface area contributed by atoms with Crippen LogP contribution in [0.5, 0.6) is 0 Å². The van der Waals surface area contributed by atoms with E-state index in [-0.39, 0.29) is 0 Å². The van der Waals surface area contributed by atoms with Gasteiger partial charge in [0.05, 0.1) is 23.3 Å². The molecule has 0 heterocycles. The Morgan fingerprint density at radius 1 is 0.195 bits per heavy atom. The molecule has 2 nitrogen and oxygen atoms in total. The van der Waals surface area contributed by atoms with Gasteiger partial charge in [-0.2, -0.15) is 10.5 Å². The average molecular weight is 1050 g/mol. The van der Waals surface area contributed by atoms with Gasteiger partial charge < -0.3 is 0 Å². The minimum absolute atomic E-state index is 0.614. The van der Waals surface area contributed by atoms with Crippen LogP contribution in [0.4, 0.5) is 0 Å². The topological polar surface area (TPSA) is 47.6 Å². The Balaban J connectivity index is 1.25. The molecule has 0 saturated carbocycles. The van der Waals surface area contributed by atoms with Gasteiger partial charge in [-0.3, -0.25) is 0 Å². The Bertz CT molecular complexity index is 5430. The third-order valence-corrected chi connectivity index (χ3v) is 19.7. The van der Waals surface area contributed by atoms with Crippen LogP contribution in [0.3, 0.4) is 0 Å². The molecule has 17 rings (SSSR count). The summed E-state index contributed by atoms with van der Waals surface area (Å²) in [4.78, 5) is 0. The van der Waals surface area contributed by atoms with E-state index in [2.05, 4.69) is 217 Å². The number of hydrogen-bond acceptors (Lipinski definition) is 2. The fraction of sp³-hybridized carbons (Fsp3) is 0.150. The van der Waals surface area contributed by atoms with Gasteiger partial charge in [0.15, 0.2) is 0 Å².